The first-order valence-corrected chi connectivity index (χ1v) is 8.66. The summed E-state index contributed by atoms with van der Waals surface area (Å²) in [5, 5.41) is 12.1. The van der Waals surface area contributed by atoms with Crippen LogP contribution in [-0.2, 0) is 0 Å². The molecular formula is C19H18N4O3. The monoisotopic (exact) mass is 350 g/mol. The first-order valence-electron chi connectivity index (χ1n) is 8.66. The van der Waals surface area contributed by atoms with Gasteiger partial charge in [-0.2, -0.15) is 0 Å². The number of nitro benzene ring substituents is 1. The Morgan fingerprint density at radius 2 is 1.85 bits per heavy atom. The van der Waals surface area contributed by atoms with Gasteiger partial charge in [0, 0.05) is 24.7 Å². The number of nitro groups is 1. The van der Waals surface area contributed by atoms with Gasteiger partial charge >= 0.3 is 0 Å². The smallest absolute Gasteiger partial charge is 0.293 e. The van der Waals surface area contributed by atoms with Crippen molar-refractivity contribution < 1.29 is 4.92 Å². The second kappa shape index (κ2) is 6.59. The molecule has 0 saturated carbocycles. The number of anilines is 1. The lowest BCUT2D eigenvalue weighted by Crippen LogP contribution is -2.29. The van der Waals surface area contributed by atoms with Gasteiger partial charge in [0.05, 0.1) is 15.8 Å². The maximum absolute atomic E-state index is 12.3. The van der Waals surface area contributed by atoms with Crippen molar-refractivity contribution in [2.24, 2.45) is 0 Å². The minimum Gasteiger partial charge on any atom is -0.366 e. The molecule has 0 atom stereocenters. The second-order valence-electron chi connectivity index (χ2n) is 6.44. The van der Waals surface area contributed by atoms with E-state index in [2.05, 4.69) is 14.9 Å². The van der Waals surface area contributed by atoms with Crippen molar-refractivity contribution >= 4 is 22.3 Å². The zero-order chi connectivity index (χ0) is 18.1. The van der Waals surface area contributed by atoms with Gasteiger partial charge in [-0.25, -0.2) is 4.98 Å². The van der Waals surface area contributed by atoms with Crippen LogP contribution in [-0.4, -0.2) is 28.0 Å². The topological polar surface area (TPSA) is 92.1 Å². The fourth-order valence-electron chi connectivity index (χ4n) is 3.44. The summed E-state index contributed by atoms with van der Waals surface area (Å²) in [6.45, 7) is 1.65. The van der Waals surface area contributed by atoms with E-state index in [0.717, 1.165) is 32.4 Å². The minimum atomic E-state index is -0.368. The van der Waals surface area contributed by atoms with E-state index in [1.165, 1.54) is 6.07 Å². The van der Waals surface area contributed by atoms with Crippen molar-refractivity contribution in [3.05, 3.63) is 62.9 Å². The first kappa shape index (κ1) is 16.3. The van der Waals surface area contributed by atoms with Crippen LogP contribution in [0.15, 0.2) is 47.3 Å². The Kier molecular flexibility index (Phi) is 4.12. The van der Waals surface area contributed by atoms with Crippen molar-refractivity contribution in [3.8, 4) is 11.4 Å². The maximum atomic E-state index is 12.3. The summed E-state index contributed by atoms with van der Waals surface area (Å²) in [7, 11) is 0. The number of fused-ring (bicyclic) bond motifs is 1. The number of benzene rings is 2. The number of nitrogens with zero attached hydrogens (tertiary/aromatic N) is 3. The van der Waals surface area contributed by atoms with Gasteiger partial charge < -0.3 is 9.88 Å². The molecule has 0 amide bonds. The van der Waals surface area contributed by atoms with Crippen molar-refractivity contribution in [2.75, 3.05) is 18.0 Å². The molecule has 7 nitrogen and oxygen atoms in total. The molecule has 2 heterocycles. The Balaban J connectivity index is 1.81. The molecule has 26 heavy (non-hydrogen) atoms. The van der Waals surface area contributed by atoms with E-state index >= 15 is 0 Å². The van der Waals surface area contributed by atoms with Crippen molar-refractivity contribution in [2.45, 2.75) is 19.3 Å². The normalized spacial score (nSPS) is 14.5. The maximum Gasteiger partial charge on any atom is 0.293 e. The number of aromatic nitrogens is 2. The molecule has 0 radical (unpaired) electrons. The van der Waals surface area contributed by atoms with Crippen LogP contribution in [0.4, 0.5) is 11.4 Å². The molecule has 132 valence electrons. The minimum absolute atomic E-state index is 0.0419. The molecule has 1 N–H and O–H groups in total. The summed E-state index contributed by atoms with van der Waals surface area (Å²) in [4.78, 5) is 32.8. The number of rotatable bonds is 3. The van der Waals surface area contributed by atoms with Crippen LogP contribution in [0, 0.1) is 10.1 Å². The van der Waals surface area contributed by atoms with Crippen molar-refractivity contribution in [1.29, 1.82) is 0 Å². The lowest BCUT2D eigenvalue weighted by molar-refractivity contribution is -0.384. The molecule has 1 aromatic heterocycles. The Labute approximate surface area is 149 Å². The van der Waals surface area contributed by atoms with Gasteiger partial charge in [-0.3, -0.25) is 14.9 Å². The summed E-state index contributed by atoms with van der Waals surface area (Å²) in [5.41, 5.74) is 1.50. The molecule has 4 rings (SSSR count). The number of piperidine rings is 1. The highest BCUT2D eigenvalue weighted by atomic mass is 16.6. The highest BCUT2D eigenvalue weighted by Gasteiger charge is 2.22. The second-order valence-corrected chi connectivity index (χ2v) is 6.44. The van der Waals surface area contributed by atoms with E-state index in [1.54, 1.807) is 36.4 Å². The van der Waals surface area contributed by atoms with Gasteiger partial charge in [-0.05, 0) is 43.5 Å². The third-order valence-electron chi connectivity index (χ3n) is 4.76. The van der Waals surface area contributed by atoms with Gasteiger partial charge in [-0.1, -0.05) is 12.1 Å². The number of hydrogen-bond acceptors (Lipinski definition) is 5. The predicted molar refractivity (Wildman–Crippen MR) is 101 cm³/mol. The lowest BCUT2D eigenvalue weighted by Gasteiger charge is -2.28. The molecule has 0 bridgehead atoms. The average molecular weight is 350 g/mol. The Morgan fingerprint density at radius 3 is 2.62 bits per heavy atom. The van der Waals surface area contributed by atoms with E-state index in [9.17, 15) is 14.9 Å². The predicted octanol–water partition coefficient (Wildman–Crippen LogP) is 3.49. The van der Waals surface area contributed by atoms with E-state index in [0.29, 0.717) is 28.0 Å². The largest absolute Gasteiger partial charge is 0.366 e. The van der Waals surface area contributed by atoms with Gasteiger partial charge in [0.2, 0.25) is 0 Å². The molecule has 0 unspecified atom stereocenters. The summed E-state index contributed by atoms with van der Waals surface area (Å²) < 4.78 is 0. The molecule has 1 aliphatic heterocycles. The fourth-order valence-corrected chi connectivity index (χ4v) is 3.44. The lowest BCUT2D eigenvalue weighted by atomic mass is 10.1. The highest BCUT2D eigenvalue weighted by Crippen LogP contribution is 2.33. The number of para-hydroxylation sites is 1. The zero-order valence-electron chi connectivity index (χ0n) is 14.1. The highest BCUT2D eigenvalue weighted by molar-refractivity contribution is 5.80. The van der Waals surface area contributed by atoms with Gasteiger partial charge in [0.1, 0.15) is 11.5 Å². The van der Waals surface area contributed by atoms with Crippen LogP contribution >= 0.6 is 0 Å². The number of H-pyrrole nitrogens is 1. The summed E-state index contributed by atoms with van der Waals surface area (Å²) in [6.07, 6.45) is 3.24. The Morgan fingerprint density at radius 1 is 1.08 bits per heavy atom. The zero-order valence-corrected chi connectivity index (χ0v) is 14.1. The third kappa shape index (κ3) is 2.92. The quantitative estimate of drug-likeness (QED) is 0.576. The molecular weight excluding hydrogens is 332 g/mol. The average Bonchev–Trinajstić information content (AvgIpc) is 2.68. The van der Waals surface area contributed by atoms with Crippen molar-refractivity contribution in [1.82, 2.24) is 9.97 Å². The van der Waals surface area contributed by atoms with Gasteiger partial charge in [0.25, 0.3) is 11.2 Å². The fraction of sp³-hybridized carbons (Fsp3) is 0.263. The molecule has 7 heteroatoms. The SMILES string of the molecule is O=c1[nH]c(-c2ccc(N3CCCCC3)c([N+](=O)[O-])c2)nc2ccccc12. The Hall–Kier alpha value is -3.22. The molecule has 0 spiro atoms. The first-order chi connectivity index (χ1) is 12.6. The standard InChI is InChI=1S/C19H18N4O3/c24-19-14-6-2-3-7-15(14)20-18(21-19)13-8-9-16(17(12-13)23(25)26)22-10-4-1-5-11-22/h2-3,6-9,12H,1,4-5,10-11H2,(H,20,21,24). The Bertz CT molecular complexity index is 1040. The number of nitrogens with one attached hydrogen (secondary N) is 1. The van der Waals surface area contributed by atoms with Crippen LogP contribution in [0.5, 0.6) is 0 Å². The summed E-state index contributed by atoms with van der Waals surface area (Å²) in [6, 6.07) is 12.1. The van der Waals surface area contributed by atoms with E-state index in [4.69, 9.17) is 0 Å². The summed E-state index contributed by atoms with van der Waals surface area (Å²) >= 11 is 0. The van der Waals surface area contributed by atoms with Crippen LogP contribution in [0.25, 0.3) is 22.3 Å². The van der Waals surface area contributed by atoms with E-state index in [-0.39, 0.29) is 16.2 Å². The van der Waals surface area contributed by atoms with Crippen LogP contribution < -0.4 is 10.5 Å². The van der Waals surface area contributed by atoms with Crippen molar-refractivity contribution in [3.63, 3.8) is 0 Å². The summed E-state index contributed by atoms with van der Waals surface area (Å²) in [5.74, 6) is 0.335. The van der Waals surface area contributed by atoms with Crippen LogP contribution in [0.2, 0.25) is 0 Å². The molecule has 1 aliphatic rings. The van der Waals surface area contributed by atoms with Crippen LogP contribution in [0.3, 0.4) is 0 Å². The number of hydrogen-bond donors (Lipinski definition) is 1. The van der Waals surface area contributed by atoms with E-state index in [1.807, 2.05) is 0 Å². The number of aromatic amines is 1. The molecule has 2 aromatic carbocycles. The third-order valence-corrected chi connectivity index (χ3v) is 4.76. The van der Waals surface area contributed by atoms with Crippen LogP contribution in [0.1, 0.15) is 19.3 Å². The molecule has 0 aliphatic carbocycles. The molecule has 1 fully saturated rings. The molecule has 1 saturated heterocycles. The van der Waals surface area contributed by atoms with E-state index < -0.39 is 0 Å². The van der Waals surface area contributed by atoms with Gasteiger partial charge in [-0.15, -0.1) is 0 Å². The van der Waals surface area contributed by atoms with Gasteiger partial charge in [0.15, 0.2) is 0 Å². The molecule has 3 aromatic rings.